The molecule has 136 valence electrons. The fourth-order valence-electron chi connectivity index (χ4n) is 2.49. The first-order valence-corrected chi connectivity index (χ1v) is 7.77. The first-order chi connectivity index (χ1) is 12.8. The second-order valence-electron chi connectivity index (χ2n) is 5.67. The summed E-state index contributed by atoms with van der Waals surface area (Å²) in [6.07, 6.45) is 0. The smallest absolute Gasteiger partial charge is 0.267 e. The number of aryl methyl sites for hydroxylation is 1. The number of rotatable bonds is 3. The van der Waals surface area contributed by atoms with E-state index in [2.05, 4.69) is 15.8 Å². The highest BCUT2D eigenvalue weighted by atomic mass is 19.1. The van der Waals surface area contributed by atoms with E-state index in [1.54, 1.807) is 6.92 Å². The number of carbonyl (C=O) groups is 2. The zero-order valence-corrected chi connectivity index (χ0v) is 14.0. The quantitative estimate of drug-likeness (QED) is 0.545. The molecule has 0 bridgehead atoms. The number of nitrogens with zero attached hydrogens (tertiary/aromatic N) is 2. The van der Waals surface area contributed by atoms with E-state index in [0.717, 1.165) is 6.07 Å². The Balaban J connectivity index is 1.76. The first kappa shape index (κ1) is 17.9. The third-order valence-electron chi connectivity index (χ3n) is 3.82. The van der Waals surface area contributed by atoms with Crippen LogP contribution in [0.1, 0.15) is 26.4 Å². The Morgan fingerprint density at radius 1 is 1.07 bits per heavy atom. The largest absolute Gasteiger partial charge is 0.271 e. The number of nitro benzene ring substituents is 1. The number of benzene rings is 2. The van der Waals surface area contributed by atoms with E-state index in [1.807, 2.05) is 0 Å². The molecular weight excluding hydrogens is 355 g/mol. The van der Waals surface area contributed by atoms with Crippen LogP contribution in [0.2, 0.25) is 0 Å². The number of nitrogens with one attached hydrogen (secondary N) is 2. The lowest BCUT2D eigenvalue weighted by Crippen LogP contribution is -2.42. The molecule has 3 rings (SSSR count). The van der Waals surface area contributed by atoms with Crippen LogP contribution in [0.5, 0.6) is 0 Å². The van der Waals surface area contributed by atoms with Gasteiger partial charge >= 0.3 is 0 Å². The van der Waals surface area contributed by atoms with E-state index in [0.29, 0.717) is 16.6 Å². The maximum absolute atomic E-state index is 13.4. The summed E-state index contributed by atoms with van der Waals surface area (Å²) in [6, 6.07) is 10.6. The number of aromatic nitrogens is 1. The molecule has 2 aromatic carbocycles. The number of halogens is 1. The molecule has 0 radical (unpaired) electrons. The van der Waals surface area contributed by atoms with Gasteiger partial charge in [-0.25, -0.2) is 4.39 Å². The Morgan fingerprint density at radius 2 is 1.81 bits per heavy atom. The van der Waals surface area contributed by atoms with E-state index in [4.69, 9.17) is 0 Å². The molecule has 9 heteroatoms. The highest BCUT2D eigenvalue weighted by molar-refractivity contribution is 6.01. The molecule has 0 saturated carbocycles. The van der Waals surface area contributed by atoms with Gasteiger partial charge in [0, 0.05) is 23.1 Å². The molecule has 0 aliphatic heterocycles. The molecule has 0 aliphatic rings. The van der Waals surface area contributed by atoms with Crippen molar-refractivity contribution in [2.45, 2.75) is 6.92 Å². The predicted molar refractivity (Wildman–Crippen MR) is 94.5 cm³/mol. The molecule has 8 nitrogen and oxygen atoms in total. The third-order valence-corrected chi connectivity index (χ3v) is 3.82. The topological polar surface area (TPSA) is 114 Å². The van der Waals surface area contributed by atoms with Crippen LogP contribution in [-0.4, -0.2) is 21.7 Å². The summed E-state index contributed by atoms with van der Waals surface area (Å²) in [7, 11) is 0. The highest BCUT2D eigenvalue weighted by Gasteiger charge is 2.15. The zero-order valence-electron chi connectivity index (χ0n) is 14.0. The number of carbonyl (C=O) groups excluding carboxylic acids is 2. The summed E-state index contributed by atoms with van der Waals surface area (Å²) in [5.74, 6) is -1.83. The van der Waals surface area contributed by atoms with Crippen LogP contribution in [0.15, 0.2) is 48.5 Å². The van der Waals surface area contributed by atoms with Crippen LogP contribution in [0.4, 0.5) is 10.1 Å². The predicted octanol–water partition coefficient (Wildman–Crippen LogP) is 2.67. The van der Waals surface area contributed by atoms with Crippen LogP contribution >= 0.6 is 0 Å². The van der Waals surface area contributed by atoms with Gasteiger partial charge in [0.15, 0.2) is 0 Å². The van der Waals surface area contributed by atoms with Crippen molar-refractivity contribution in [1.29, 1.82) is 0 Å². The molecule has 0 aliphatic carbocycles. The van der Waals surface area contributed by atoms with Crippen LogP contribution in [0.3, 0.4) is 0 Å². The molecule has 1 aromatic heterocycles. The fraction of sp³-hybridized carbons (Fsp3) is 0.0556. The highest BCUT2D eigenvalue weighted by Crippen LogP contribution is 2.18. The lowest BCUT2D eigenvalue weighted by atomic mass is 10.1. The summed E-state index contributed by atoms with van der Waals surface area (Å²) < 4.78 is 13.4. The number of non-ortho nitro benzene ring substituents is 1. The Kier molecular flexibility index (Phi) is 4.75. The number of fused-ring (bicyclic) bond motifs is 1. The lowest BCUT2D eigenvalue weighted by molar-refractivity contribution is -0.384. The number of hydrazine groups is 1. The number of amides is 2. The van der Waals surface area contributed by atoms with Crippen molar-refractivity contribution >= 4 is 28.4 Å². The Bertz CT molecular complexity index is 1080. The van der Waals surface area contributed by atoms with Crippen molar-refractivity contribution in [3.05, 3.63) is 81.3 Å². The van der Waals surface area contributed by atoms with Crippen molar-refractivity contribution in [3.63, 3.8) is 0 Å². The number of pyridine rings is 1. The van der Waals surface area contributed by atoms with Gasteiger partial charge in [0.25, 0.3) is 17.5 Å². The van der Waals surface area contributed by atoms with Crippen LogP contribution in [0, 0.1) is 22.9 Å². The molecular formula is C18H13FN4O4. The third kappa shape index (κ3) is 3.87. The molecule has 2 N–H and O–H groups in total. The molecule has 0 saturated heterocycles. The SMILES string of the molecule is Cc1nc2ccc(F)cc2cc1C(=O)NNC(=O)c1cccc([N+](=O)[O-])c1. The van der Waals surface area contributed by atoms with E-state index < -0.39 is 22.6 Å². The molecule has 0 atom stereocenters. The van der Waals surface area contributed by atoms with Gasteiger partial charge in [-0.3, -0.25) is 35.5 Å². The summed E-state index contributed by atoms with van der Waals surface area (Å²) in [5.41, 5.74) is 5.27. The minimum absolute atomic E-state index is 0.0138. The average Bonchev–Trinajstić information content (AvgIpc) is 2.65. The molecule has 0 spiro atoms. The summed E-state index contributed by atoms with van der Waals surface area (Å²) >= 11 is 0. The van der Waals surface area contributed by atoms with Crippen molar-refractivity contribution < 1.29 is 18.9 Å². The fourth-order valence-corrected chi connectivity index (χ4v) is 2.49. The minimum Gasteiger partial charge on any atom is -0.267 e. The van der Waals surface area contributed by atoms with Gasteiger partial charge in [-0.2, -0.15) is 0 Å². The van der Waals surface area contributed by atoms with Gasteiger partial charge in [0.2, 0.25) is 0 Å². The molecule has 0 fully saturated rings. The molecule has 2 amide bonds. The average molecular weight is 368 g/mol. The number of hydrogen-bond donors (Lipinski definition) is 2. The summed E-state index contributed by atoms with van der Waals surface area (Å²) in [4.78, 5) is 38.8. The molecule has 1 heterocycles. The monoisotopic (exact) mass is 368 g/mol. The van der Waals surface area contributed by atoms with Crippen molar-refractivity contribution in [1.82, 2.24) is 15.8 Å². The van der Waals surface area contributed by atoms with Crippen LogP contribution in [-0.2, 0) is 0 Å². The van der Waals surface area contributed by atoms with Crippen molar-refractivity contribution in [3.8, 4) is 0 Å². The first-order valence-electron chi connectivity index (χ1n) is 7.77. The lowest BCUT2D eigenvalue weighted by Gasteiger charge is -2.10. The Hall–Kier alpha value is -3.88. The molecule has 0 unspecified atom stereocenters. The van der Waals surface area contributed by atoms with Gasteiger partial charge in [-0.05, 0) is 37.3 Å². The summed E-state index contributed by atoms with van der Waals surface area (Å²) in [6.45, 7) is 1.61. The van der Waals surface area contributed by atoms with E-state index >= 15 is 0 Å². The Labute approximate surface area is 152 Å². The van der Waals surface area contributed by atoms with Crippen molar-refractivity contribution in [2.24, 2.45) is 0 Å². The Morgan fingerprint density at radius 3 is 2.56 bits per heavy atom. The van der Waals surface area contributed by atoms with Gasteiger partial charge < -0.3 is 0 Å². The molecule has 27 heavy (non-hydrogen) atoms. The van der Waals surface area contributed by atoms with Gasteiger partial charge in [-0.15, -0.1) is 0 Å². The van der Waals surface area contributed by atoms with Gasteiger partial charge in [-0.1, -0.05) is 6.07 Å². The van der Waals surface area contributed by atoms with Crippen LogP contribution < -0.4 is 10.9 Å². The van der Waals surface area contributed by atoms with E-state index in [-0.39, 0.29) is 16.8 Å². The maximum atomic E-state index is 13.4. The molecule has 3 aromatic rings. The van der Waals surface area contributed by atoms with Crippen LogP contribution in [0.25, 0.3) is 10.9 Å². The zero-order chi connectivity index (χ0) is 19.6. The standard InChI is InChI=1S/C18H13FN4O4/c1-10-15(9-12-7-13(19)5-6-16(12)20-10)18(25)22-21-17(24)11-3-2-4-14(8-11)23(26)27/h2-9H,1H3,(H,21,24)(H,22,25). The minimum atomic E-state index is -0.718. The normalized spacial score (nSPS) is 10.4. The van der Waals surface area contributed by atoms with Crippen molar-refractivity contribution in [2.75, 3.05) is 0 Å². The van der Waals surface area contributed by atoms with E-state index in [1.165, 1.54) is 42.5 Å². The van der Waals surface area contributed by atoms with E-state index in [9.17, 15) is 24.1 Å². The number of hydrogen-bond acceptors (Lipinski definition) is 5. The second kappa shape index (κ2) is 7.16. The second-order valence-corrected chi connectivity index (χ2v) is 5.67. The van der Waals surface area contributed by atoms with Gasteiger partial charge in [0.1, 0.15) is 5.82 Å². The maximum Gasteiger partial charge on any atom is 0.271 e. The van der Waals surface area contributed by atoms with Gasteiger partial charge in [0.05, 0.1) is 21.7 Å². The summed E-state index contributed by atoms with van der Waals surface area (Å²) in [5, 5.41) is 11.2. The number of nitro groups is 1.